The van der Waals surface area contributed by atoms with E-state index >= 15 is 0 Å². The second kappa shape index (κ2) is 7.95. The summed E-state index contributed by atoms with van der Waals surface area (Å²) in [5, 5.41) is 12.5. The van der Waals surface area contributed by atoms with Crippen LogP contribution in [0.3, 0.4) is 0 Å². The Balaban J connectivity index is 1.74. The van der Waals surface area contributed by atoms with Gasteiger partial charge in [-0.2, -0.15) is 5.26 Å². The van der Waals surface area contributed by atoms with Crippen molar-refractivity contribution < 1.29 is 13.9 Å². The van der Waals surface area contributed by atoms with Gasteiger partial charge in [-0.05, 0) is 44.5 Å². The van der Waals surface area contributed by atoms with E-state index in [4.69, 9.17) is 4.74 Å². The molecular weight excluding hydrogens is 377 g/mol. The highest BCUT2D eigenvalue weighted by Gasteiger charge is 2.20. The molecule has 1 atom stereocenters. The van der Waals surface area contributed by atoms with Crippen LogP contribution in [0.5, 0.6) is 0 Å². The van der Waals surface area contributed by atoms with Crippen LogP contribution in [0.2, 0.25) is 0 Å². The molecule has 1 N–H and O–H groups in total. The first-order valence-electron chi connectivity index (χ1n) is 8.78. The molecule has 0 aliphatic heterocycles. The van der Waals surface area contributed by atoms with Crippen molar-refractivity contribution in [2.75, 3.05) is 0 Å². The molecule has 7 heteroatoms. The van der Waals surface area contributed by atoms with Gasteiger partial charge in [0.15, 0.2) is 0 Å². The Morgan fingerprint density at radius 2 is 2.07 bits per heavy atom. The van der Waals surface area contributed by atoms with Gasteiger partial charge in [0.2, 0.25) is 0 Å². The number of hydrogen-bond acceptors (Lipinski definition) is 5. The van der Waals surface area contributed by atoms with Crippen LogP contribution in [0, 0.1) is 17.1 Å². The summed E-state index contributed by atoms with van der Waals surface area (Å²) < 4.78 is 20.8. The predicted molar refractivity (Wildman–Crippen MR) is 107 cm³/mol. The summed E-state index contributed by atoms with van der Waals surface area (Å²) in [5.74, 6) is -0.442. The summed E-state index contributed by atoms with van der Waals surface area (Å²) in [6.07, 6.45) is -0.660. The average molecular weight is 397 g/mol. The van der Waals surface area contributed by atoms with Crippen LogP contribution in [0.1, 0.15) is 26.3 Å². The summed E-state index contributed by atoms with van der Waals surface area (Å²) >= 11 is 1.49. The topological polar surface area (TPSA) is 75.0 Å². The van der Waals surface area contributed by atoms with Crippen LogP contribution >= 0.6 is 11.3 Å². The fourth-order valence-corrected chi connectivity index (χ4v) is 3.60. The molecule has 1 heterocycles. The largest absolute Gasteiger partial charge is 0.444 e. The molecule has 0 fully saturated rings. The number of thiazole rings is 1. The van der Waals surface area contributed by atoms with Gasteiger partial charge in [0, 0.05) is 12.0 Å². The molecule has 1 unspecified atom stereocenters. The van der Waals surface area contributed by atoms with Crippen molar-refractivity contribution in [3.05, 3.63) is 53.8 Å². The Morgan fingerprint density at radius 1 is 1.32 bits per heavy atom. The van der Waals surface area contributed by atoms with Crippen LogP contribution < -0.4 is 5.32 Å². The first-order chi connectivity index (χ1) is 13.2. The normalized spacial score (nSPS) is 12.4. The first kappa shape index (κ1) is 19.8. The maximum atomic E-state index is 14.6. The standard InChI is InChI=1S/C21H20FN3O2S/c1-21(2,3)27-20(26)24-15(12-23)10-13-8-9-14(11-16(13)22)19-25-17-6-4-5-7-18(17)28-19/h4-9,11,15H,10H2,1-3H3,(H,24,26). The lowest BCUT2D eigenvalue weighted by atomic mass is 10.0. The third-order valence-electron chi connectivity index (χ3n) is 3.86. The maximum absolute atomic E-state index is 14.6. The average Bonchev–Trinajstić information content (AvgIpc) is 3.05. The summed E-state index contributed by atoms with van der Waals surface area (Å²) in [5.41, 5.74) is 1.22. The molecule has 1 aromatic heterocycles. The number of carbonyl (C=O) groups excluding carboxylic acids is 1. The summed E-state index contributed by atoms with van der Waals surface area (Å²) in [6, 6.07) is 13.6. The van der Waals surface area contributed by atoms with Crippen molar-refractivity contribution >= 4 is 27.6 Å². The zero-order valence-electron chi connectivity index (χ0n) is 15.8. The lowest BCUT2D eigenvalue weighted by Crippen LogP contribution is -2.39. The van der Waals surface area contributed by atoms with Crippen LogP contribution in [-0.4, -0.2) is 22.7 Å². The van der Waals surface area contributed by atoms with E-state index in [1.807, 2.05) is 30.3 Å². The Labute approximate surface area is 166 Å². The van der Waals surface area contributed by atoms with Gasteiger partial charge in [-0.15, -0.1) is 11.3 Å². The Bertz CT molecular complexity index is 1020. The van der Waals surface area contributed by atoms with Crippen LogP contribution in [0.25, 0.3) is 20.8 Å². The molecule has 3 aromatic rings. The molecule has 28 heavy (non-hydrogen) atoms. The zero-order valence-corrected chi connectivity index (χ0v) is 16.6. The highest BCUT2D eigenvalue weighted by molar-refractivity contribution is 7.21. The number of amides is 1. The van der Waals surface area contributed by atoms with Crippen molar-refractivity contribution in [1.29, 1.82) is 5.26 Å². The number of rotatable bonds is 4. The molecule has 2 aromatic carbocycles. The van der Waals surface area contributed by atoms with Crippen molar-refractivity contribution in [3.63, 3.8) is 0 Å². The number of nitrogens with one attached hydrogen (secondary N) is 1. The van der Waals surface area contributed by atoms with Crippen LogP contribution in [0.15, 0.2) is 42.5 Å². The van der Waals surface area contributed by atoms with E-state index in [0.29, 0.717) is 11.1 Å². The van der Waals surface area contributed by atoms with Crippen molar-refractivity contribution in [2.24, 2.45) is 0 Å². The molecule has 0 radical (unpaired) electrons. The van der Waals surface area contributed by atoms with E-state index in [-0.39, 0.29) is 6.42 Å². The number of carbonyl (C=O) groups is 1. The number of halogens is 1. The van der Waals surface area contributed by atoms with E-state index in [1.54, 1.807) is 32.9 Å². The minimum atomic E-state index is -0.891. The number of nitrogens with zero attached hydrogens (tertiary/aromatic N) is 2. The number of alkyl carbamates (subject to hydrolysis) is 1. The number of hydrogen-bond donors (Lipinski definition) is 1. The number of nitriles is 1. The maximum Gasteiger partial charge on any atom is 0.408 e. The van der Waals surface area contributed by atoms with Crippen LogP contribution in [0.4, 0.5) is 9.18 Å². The molecule has 0 saturated carbocycles. The highest BCUT2D eigenvalue weighted by Crippen LogP contribution is 2.31. The zero-order chi connectivity index (χ0) is 20.3. The van der Waals surface area contributed by atoms with Gasteiger partial charge in [-0.3, -0.25) is 0 Å². The highest BCUT2D eigenvalue weighted by atomic mass is 32.1. The lowest BCUT2D eigenvalue weighted by molar-refractivity contribution is 0.0515. The number of benzene rings is 2. The predicted octanol–water partition coefficient (Wildman–Crippen LogP) is 5.06. The van der Waals surface area contributed by atoms with Gasteiger partial charge < -0.3 is 10.1 Å². The summed E-state index contributed by atoms with van der Waals surface area (Å²) in [6.45, 7) is 5.19. The minimum Gasteiger partial charge on any atom is -0.444 e. The number of para-hydroxylation sites is 1. The van der Waals surface area contributed by atoms with Gasteiger partial charge in [0.05, 0.1) is 16.3 Å². The second-order valence-electron chi connectivity index (χ2n) is 7.32. The van der Waals surface area contributed by atoms with Gasteiger partial charge in [0.1, 0.15) is 22.5 Å². The van der Waals surface area contributed by atoms with Crippen molar-refractivity contribution in [2.45, 2.75) is 38.8 Å². The molecule has 3 rings (SSSR count). The van der Waals surface area contributed by atoms with Crippen molar-refractivity contribution in [1.82, 2.24) is 10.3 Å². The van der Waals surface area contributed by atoms with E-state index in [9.17, 15) is 14.4 Å². The Kier molecular flexibility index (Phi) is 5.61. The third-order valence-corrected chi connectivity index (χ3v) is 4.95. The fraction of sp³-hybridized carbons (Fsp3) is 0.286. The molecule has 0 saturated heterocycles. The quantitative estimate of drug-likeness (QED) is 0.667. The van der Waals surface area contributed by atoms with Gasteiger partial charge in [-0.25, -0.2) is 14.2 Å². The Morgan fingerprint density at radius 3 is 2.71 bits per heavy atom. The number of aromatic nitrogens is 1. The van der Waals surface area contributed by atoms with E-state index in [1.165, 1.54) is 17.4 Å². The SMILES string of the molecule is CC(C)(C)OC(=O)NC(C#N)Cc1ccc(-c2nc3ccccc3s2)cc1F. The van der Waals surface area contributed by atoms with Gasteiger partial charge in [0.25, 0.3) is 0 Å². The third kappa shape index (κ3) is 4.84. The molecule has 144 valence electrons. The summed E-state index contributed by atoms with van der Waals surface area (Å²) in [7, 11) is 0. The molecule has 1 amide bonds. The molecule has 0 aliphatic carbocycles. The van der Waals surface area contributed by atoms with E-state index < -0.39 is 23.6 Å². The molecule has 5 nitrogen and oxygen atoms in total. The van der Waals surface area contributed by atoms with Gasteiger partial charge in [-0.1, -0.05) is 24.3 Å². The number of fused-ring (bicyclic) bond motifs is 1. The summed E-state index contributed by atoms with van der Waals surface area (Å²) in [4.78, 5) is 16.4. The molecule has 0 bridgehead atoms. The smallest absolute Gasteiger partial charge is 0.408 e. The van der Waals surface area contributed by atoms with Crippen LogP contribution in [-0.2, 0) is 11.2 Å². The fourth-order valence-electron chi connectivity index (χ4n) is 2.64. The van der Waals surface area contributed by atoms with E-state index in [2.05, 4.69) is 10.3 Å². The lowest BCUT2D eigenvalue weighted by Gasteiger charge is -2.21. The molecular formula is C21H20FN3O2S. The van der Waals surface area contributed by atoms with Gasteiger partial charge >= 0.3 is 6.09 Å². The molecule has 0 spiro atoms. The van der Waals surface area contributed by atoms with E-state index in [0.717, 1.165) is 15.2 Å². The second-order valence-corrected chi connectivity index (χ2v) is 8.36. The monoisotopic (exact) mass is 397 g/mol. The number of ether oxygens (including phenoxy) is 1. The first-order valence-corrected chi connectivity index (χ1v) is 9.60. The minimum absolute atomic E-state index is 0.0434. The Hall–Kier alpha value is -2.98. The molecule has 0 aliphatic rings. The van der Waals surface area contributed by atoms with Crippen molar-refractivity contribution in [3.8, 4) is 16.6 Å².